The summed E-state index contributed by atoms with van der Waals surface area (Å²) in [7, 11) is 8.05. The monoisotopic (exact) mass is 371 g/mol. The van der Waals surface area contributed by atoms with Crippen LogP contribution in [0.1, 0.15) is 27.5 Å². The Labute approximate surface area is 159 Å². The van der Waals surface area contributed by atoms with Crippen LogP contribution in [0.15, 0.2) is 42.5 Å². The second-order valence-electron chi connectivity index (χ2n) is 7.08. The lowest BCUT2D eigenvalue weighted by Gasteiger charge is -2.23. The lowest BCUT2D eigenvalue weighted by Crippen LogP contribution is -3.07. The van der Waals surface area contributed by atoms with Gasteiger partial charge in [-0.1, -0.05) is 18.2 Å². The standard InChI is InChI=1S/C20H26N4O3/c1-14-6-7-16(12-18(14)24(26)27)20(25)21-13-19(23(4)5)15-8-10-17(11-9-15)22(2)3/h6-12,19H,13H2,1-5H3,(H,21,25)/p+1/t19-/m0/s1. The first kappa shape index (κ1) is 20.4. The van der Waals surface area contributed by atoms with Crippen LogP contribution < -0.4 is 15.1 Å². The van der Waals surface area contributed by atoms with Gasteiger partial charge in [-0.15, -0.1) is 0 Å². The summed E-state index contributed by atoms with van der Waals surface area (Å²) < 4.78 is 0. The summed E-state index contributed by atoms with van der Waals surface area (Å²) in [4.78, 5) is 26.3. The Bertz CT molecular complexity index is 816. The van der Waals surface area contributed by atoms with Crippen molar-refractivity contribution in [2.24, 2.45) is 0 Å². The van der Waals surface area contributed by atoms with Crippen molar-refractivity contribution in [1.29, 1.82) is 0 Å². The van der Waals surface area contributed by atoms with Gasteiger partial charge in [-0.25, -0.2) is 0 Å². The van der Waals surface area contributed by atoms with Gasteiger partial charge in [-0.05, 0) is 25.1 Å². The predicted molar refractivity (Wildman–Crippen MR) is 106 cm³/mol. The quantitative estimate of drug-likeness (QED) is 0.572. The number of carbonyl (C=O) groups is 1. The molecule has 0 fully saturated rings. The molecule has 0 saturated carbocycles. The summed E-state index contributed by atoms with van der Waals surface area (Å²) in [5.74, 6) is -0.311. The van der Waals surface area contributed by atoms with Gasteiger partial charge < -0.3 is 15.1 Å². The molecular weight excluding hydrogens is 344 g/mol. The van der Waals surface area contributed by atoms with Crippen molar-refractivity contribution in [3.05, 3.63) is 69.3 Å². The van der Waals surface area contributed by atoms with Gasteiger partial charge in [0.05, 0.1) is 25.6 Å². The van der Waals surface area contributed by atoms with E-state index in [0.717, 1.165) is 11.3 Å². The molecule has 0 heterocycles. The highest BCUT2D eigenvalue weighted by Crippen LogP contribution is 2.20. The first-order chi connectivity index (χ1) is 12.7. The van der Waals surface area contributed by atoms with Gasteiger partial charge in [0.25, 0.3) is 11.6 Å². The van der Waals surface area contributed by atoms with Crippen LogP contribution in [0.5, 0.6) is 0 Å². The van der Waals surface area contributed by atoms with Crippen molar-refractivity contribution >= 4 is 17.3 Å². The fraction of sp³-hybridized carbons (Fsp3) is 0.350. The molecule has 0 aliphatic heterocycles. The number of carbonyl (C=O) groups excluding carboxylic acids is 1. The average Bonchev–Trinajstić information content (AvgIpc) is 2.62. The smallest absolute Gasteiger partial charge is 0.273 e. The molecule has 7 heteroatoms. The number of nitro groups is 1. The minimum Gasteiger partial charge on any atom is -0.378 e. The van der Waals surface area contributed by atoms with Crippen LogP contribution in [0.4, 0.5) is 11.4 Å². The zero-order chi connectivity index (χ0) is 20.1. The Balaban J connectivity index is 2.13. The number of nitrogens with zero attached hydrogens (tertiary/aromatic N) is 2. The minimum atomic E-state index is -0.467. The number of amides is 1. The molecule has 27 heavy (non-hydrogen) atoms. The van der Waals surface area contributed by atoms with Crippen LogP contribution in [-0.4, -0.2) is 45.6 Å². The Morgan fingerprint density at radius 2 is 1.81 bits per heavy atom. The number of quaternary nitrogens is 1. The van der Waals surface area contributed by atoms with E-state index in [4.69, 9.17) is 0 Å². The topological polar surface area (TPSA) is 79.9 Å². The van der Waals surface area contributed by atoms with Gasteiger partial charge in [0.2, 0.25) is 0 Å². The molecule has 0 spiro atoms. The van der Waals surface area contributed by atoms with Crippen LogP contribution in [0.3, 0.4) is 0 Å². The summed E-state index contributed by atoms with van der Waals surface area (Å²) >= 11 is 0. The van der Waals surface area contributed by atoms with E-state index in [1.807, 2.05) is 33.1 Å². The van der Waals surface area contributed by atoms with Crippen molar-refractivity contribution in [3.63, 3.8) is 0 Å². The maximum Gasteiger partial charge on any atom is 0.273 e. The van der Waals surface area contributed by atoms with Crippen LogP contribution in [0.25, 0.3) is 0 Å². The molecular formula is C20H27N4O3+. The molecule has 2 rings (SSSR count). The fourth-order valence-corrected chi connectivity index (χ4v) is 2.90. The van der Waals surface area contributed by atoms with Crippen LogP contribution in [0.2, 0.25) is 0 Å². The van der Waals surface area contributed by atoms with Crippen molar-refractivity contribution in [1.82, 2.24) is 5.32 Å². The molecule has 2 aromatic carbocycles. The summed E-state index contributed by atoms with van der Waals surface area (Å²) in [6.07, 6.45) is 0. The second kappa shape index (κ2) is 8.64. The molecule has 0 aliphatic carbocycles. The van der Waals surface area contributed by atoms with Gasteiger partial charge >= 0.3 is 0 Å². The van der Waals surface area contributed by atoms with E-state index in [0.29, 0.717) is 17.7 Å². The fourth-order valence-electron chi connectivity index (χ4n) is 2.90. The molecule has 0 aromatic heterocycles. The maximum atomic E-state index is 12.5. The molecule has 0 unspecified atom stereocenters. The number of hydrogen-bond donors (Lipinski definition) is 2. The number of nitrogens with one attached hydrogen (secondary N) is 2. The third-order valence-corrected chi connectivity index (χ3v) is 4.64. The number of nitro benzene ring substituents is 1. The van der Waals surface area contributed by atoms with Crippen molar-refractivity contribution < 1.29 is 14.6 Å². The van der Waals surface area contributed by atoms with Crippen molar-refractivity contribution in [2.75, 3.05) is 39.6 Å². The summed E-state index contributed by atoms with van der Waals surface area (Å²) in [6, 6.07) is 12.8. The number of aryl methyl sites for hydroxylation is 1. The summed E-state index contributed by atoms with van der Waals surface area (Å²) in [6.45, 7) is 2.09. The van der Waals surface area contributed by atoms with E-state index in [-0.39, 0.29) is 17.6 Å². The normalized spacial score (nSPS) is 11.9. The molecule has 0 aliphatic rings. The minimum absolute atomic E-state index is 0.0447. The number of benzene rings is 2. The highest BCUT2D eigenvalue weighted by molar-refractivity contribution is 5.95. The third-order valence-electron chi connectivity index (χ3n) is 4.64. The predicted octanol–water partition coefficient (Wildman–Crippen LogP) is 1.58. The SMILES string of the molecule is Cc1ccc(C(=O)NC[C@@H](c2ccc(N(C)C)cc2)[NH+](C)C)cc1[N+](=O)[O-]. The second-order valence-corrected chi connectivity index (χ2v) is 7.08. The Morgan fingerprint density at radius 1 is 1.19 bits per heavy atom. The summed E-state index contributed by atoms with van der Waals surface area (Å²) in [5, 5.41) is 14.0. The van der Waals surface area contributed by atoms with Crippen molar-refractivity contribution in [3.8, 4) is 0 Å². The van der Waals surface area contributed by atoms with E-state index in [9.17, 15) is 14.9 Å². The van der Waals surface area contributed by atoms with Gasteiger partial charge in [0.15, 0.2) is 0 Å². The zero-order valence-electron chi connectivity index (χ0n) is 16.4. The van der Waals surface area contributed by atoms with Crippen LogP contribution in [0, 0.1) is 17.0 Å². The molecule has 2 N–H and O–H groups in total. The molecule has 0 bridgehead atoms. The lowest BCUT2D eigenvalue weighted by atomic mass is 10.0. The summed E-state index contributed by atoms with van der Waals surface area (Å²) in [5.41, 5.74) is 3.02. The first-order valence-corrected chi connectivity index (χ1v) is 8.81. The van der Waals surface area contributed by atoms with Gasteiger partial charge in [0.1, 0.15) is 6.04 Å². The molecule has 1 amide bonds. The Hall–Kier alpha value is -2.93. The molecule has 7 nitrogen and oxygen atoms in total. The van der Waals surface area contributed by atoms with Crippen molar-refractivity contribution in [2.45, 2.75) is 13.0 Å². The highest BCUT2D eigenvalue weighted by atomic mass is 16.6. The van der Waals surface area contributed by atoms with E-state index in [1.54, 1.807) is 19.1 Å². The van der Waals surface area contributed by atoms with Crippen LogP contribution >= 0.6 is 0 Å². The Kier molecular flexibility index (Phi) is 6.52. The largest absolute Gasteiger partial charge is 0.378 e. The van der Waals surface area contributed by atoms with E-state index < -0.39 is 4.92 Å². The van der Waals surface area contributed by atoms with Gasteiger partial charge in [0, 0.05) is 42.5 Å². The lowest BCUT2D eigenvalue weighted by molar-refractivity contribution is -0.890. The van der Waals surface area contributed by atoms with E-state index in [1.165, 1.54) is 11.0 Å². The number of hydrogen-bond acceptors (Lipinski definition) is 4. The van der Waals surface area contributed by atoms with Gasteiger partial charge in [-0.3, -0.25) is 14.9 Å². The van der Waals surface area contributed by atoms with E-state index >= 15 is 0 Å². The Morgan fingerprint density at radius 3 is 2.33 bits per heavy atom. The van der Waals surface area contributed by atoms with Crippen LogP contribution in [-0.2, 0) is 0 Å². The number of likely N-dealkylation sites (N-methyl/N-ethyl adjacent to an activating group) is 1. The first-order valence-electron chi connectivity index (χ1n) is 8.81. The average molecular weight is 371 g/mol. The molecule has 1 atom stereocenters. The third kappa shape index (κ3) is 5.04. The van der Waals surface area contributed by atoms with E-state index in [2.05, 4.69) is 29.6 Å². The molecule has 0 radical (unpaired) electrons. The van der Waals surface area contributed by atoms with Gasteiger partial charge in [-0.2, -0.15) is 0 Å². The number of rotatable bonds is 7. The molecule has 2 aromatic rings. The highest BCUT2D eigenvalue weighted by Gasteiger charge is 2.20. The molecule has 0 saturated heterocycles. The maximum absolute atomic E-state index is 12.5. The number of anilines is 1. The zero-order valence-corrected chi connectivity index (χ0v) is 16.4. The molecule has 144 valence electrons.